The van der Waals surface area contributed by atoms with E-state index in [1.807, 2.05) is 6.92 Å². The fourth-order valence-corrected chi connectivity index (χ4v) is 1.65. The SMILES string of the molecule is CCNCc1coc(Oc2ccc(Br)cc2F)n1. The largest absolute Gasteiger partial charge is 0.417 e. The monoisotopic (exact) mass is 314 g/mol. The van der Waals surface area contributed by atoms with Gasteiger partial charge in [-0.1, -0.05) is 22.9 Å². The quantitative estimate of drug-likeness (QED) is 0.918. The number of nitrogens with one attached hydrogen (secondary N) is 1. The van der Waals surface area contributed by atoms with Crippen LogP contribution in [0.4, 0.5) is 4.39 Å². The van der Waals surface area contributed by atoms with Gasteiger partial charge < -0.3 is 14.5 Å². The maximum atomic E-state index is 13.5. The van der Waals surface area contributed by atoms with Crippen LogP contribution in [0.2, 0.25) is 0 Å². The van der Waals surface area contributed by atoms with Crippen molar-refractivity contribution < 1.29 is 13.5 Å². The highest BCUT2D eigenvalue weighted by atomic mass is 79.9. The molecule has 2 aromatic rings. The normalized spacial score (nSPS) is 10.6. The van der Waals surface area contributed by atoms with E-state index in [4.69, 9.17) is 9.15 Å². The summed E-state index contributed by atoms with van der Waals surface area (Å²) in [5.41, 5.74) is 0.712. The minimum absolute atomic E-state index is 0.0316. The van der Waals surface area contributed by atoms with Gasteiger partial charge >= 0.3 is 6.08 Å². The molecule has 0 amide bonds. The lowest BCUT2D eigenvalue weighted by molar-refractivity contribution is 0.318. The molecule has 96 valence electrons. The van der Waals surface area contributed by atoms with Crippen molar-refractivity contribution in [3.8, 4) is 11.8 Å². The Hall–Kier alpha value is -1.40. The summed E-state index contributed by atoms with van der Waals surface area (Å²) in [6.45, 7) is 3.42. The van der Waals surface area contributed by atoms with Gasteiger partial charge in [0.05, 0.1) is 5.69 Å². The zero-order chi connectivity index (χ0) is 13.0. The lowest BCUT2D eigenvalue weighted by atomic mass is 10.3. The topological polar surface area (TPSA) is 47.3 Å². The molecule has 1 aromatic heterocycles. The van der Waals surface area contributed by atoms with Gasteiger partial charge in [0.1, 0.15) is 6.26 Å². The molecule has 0 radical (unpaired) electrons. The molecule has 2 rings (SSSR count). The highest BCUT2D eigenvalue weighted by Gasteiger charge is 2.10. The number of benzene rings is 1. The van der Waals surface area contributed by atoms with E-state index < -0.39 is 5.82 Å². The zero-order valence-corrected chi connectivity index (χ0v) is 11.3. The maximum Gasteiger partial charge on any atom is 0.399 e. The number of oxazole rings is 1. The first-order chi connectivity index (χ1) is 8.69. The molecule has 0 aliphatic rings. The van der Waals surface area contributed by atoms with Gasteiger partial charge in [0.2, 0.25) is 0 Å². The highest BCUT2D eigenvalue weighted by molar-refractivity contribution is 9.10. The Morgan fingerprint density at radius 2 is 2.33 bits per heavy atom. The zero-order valence-electron chi connectivity index (χ0n) is 9.74. The second kappa shape index (κ2) is 5.97. The third-order valence-electron chi connectivity index (χ3n) is 2.18. The maximum absolute atomic E-state index is 13.5. The predicted molar refractivity (Wildman–Crippen MR) is 68.1 cm³/mol. The molecule has 18 heavy (non-hydrogen) atoms. The molecule has 1 heterocycles. The van der Waals surface area contributed by atoms with Crippen molar-refractivity contribution >= 4 is 15.9 Å². The van der Waals surface area contributed by atoms with E-state index in [0.29, 0.717) is 16.7 Å². The smallest absolute Gasteiger partial charge is 0.399 e. The molecule has 0 unspecified atom stereocenters. The molecule has 0 fully saturated rings. The van der Waals surface area contributed by atoms with Crippen LogP contribution in [-0.2, 0) is 6.54 Å². The highest BCUT2D eigenvalue weighted by Crippen LogP contribution is 2.26. The summed E-state index contributed by atoms with van der Waals surface area (Å²) in [6.07, 6.45) is 1.51. The van der Waals surface area contributed by atoms with Crippen LogP contribution in [-0.4, -0.2) is 11.5 Å². The molecule has 0 bridgehead atoms. The van der Waals surface area contributed by atoms with Crippen LogP contribution >= 0.6 is 15.9 Å². The van der Waals surface area contributed by atoms with E-state index >= 15 is 0 Å². The van der Waals surface area contributed by atoms with Crippen LogP contribution in [0.15, 0.2) is 33.4 Å². The van der Waals surface area contributed by atoms with E-state index in [-0.39, 0.29) is 11.8 Å². The summed E-state index contributed by atoms with van der Waals surface area (Å²) in [4.78, 5) is 4.08. The third kappa shape index (κ3) is 3.30. The molecule has 0 aliphatic heterocycles. The lowest BCUT2D eigenvalue weighted by Gasteiger charge is -2.02. The number of hydrogen-bond donors (Lipinski definition) is 1. The fourth-order valence-electron chi connectivity index (χ4n) is 1.32. The number of nitrogens with zero attached hydrogens (tertiary/aromatic N) is 1. The average molecular weight is 315 g/mol. The van der Waals surface area contributed by atoms with Crippen LogP contribution in [0.25, 0.3) is 0 Å². The van der Waals surface area contributed by atoms with Crippen molar-refractivity contribution in [1.82, 2.24) is 10.3 Å². The number of ether oxygens (including phenoxy) is 1. The van der Waals surface area contributed by atoms with E-state index in [1.54, 1.807) is 6.07 Å². The second-order valence-electron chi connectivity index (χ2n) is 3.56. The van der Waals surface area contributed by atoms with Crippen molar-refractivity contribution in [2.45, 2.75) is 13.5 Å². The van der Waals surface area contributed by atoms with Gasteiger partial charge in [-0.25, -0.2) is 4.39 Å². The minimum atomic E-state index is -0.476. The lowest BCUT2D eigenvalue weighted by Crippen LogP contribution is -2.11. The summed E-state index contributed by atoms with van der Waals surface area (Å²) in [5, 5.41) is 3.10. The Labute approximate surface area is 112 Å². The van der Waals surface area contributed by atoms with Crippen molar-refractivity contribution in [2.24, 2.45) is 0 Å². The van der Waals surface area contributed by atoms with Crippen molar-refractivity contribution in [1.29, 1.82) is 0 Å². The molecular weight excluding hydrogens is 303 g/mol. The van der Waals surface area contributed by atoms with E-state index in [1.165, 1.54) is 18.4 Å². The van der Waals surface area contributed by atoms with Crippen molar-refractivity contribution in [3.63, 3.8) is 0 Å². The van der Waals surface area contributed by atoms with E-state index in [2.05, 4.69) is 26.2 Å². The average Bonchev–Trinajstić information content (AvgIpc) is 2.78. The molecule has 4 nitrogen and oxygen atoms in total. The first-order valence-electron chi connectivity index (χ1n) is 5.47. The first kappa shape index (κ1) is 13.0. The van der Waals surface area contributed by atoms with Crippen LogP contribution in [0.3, 0.4) is 0 Å². The second-order valence-corrected chi connectivity index (χ2v) is 4.48. The summed E-state index contributed by atoms with van der Waals surface area (Å²) in [5.74, 6) is -0.397. The van der Waals surface area contributed by atoms with Gasteiger partial charge in [-0.2, -0.15) is 4.98 Å². The Morgan fingerprint density at radius 1 is 1.50 bits per heavy atom. The molecular formula is C12H12BrFN2O2. The standard InChI is InChI=1S/C12H12BrFN2O2/c1-2-15-6-9-7-17-12(16-9)18-11-4-3-8(13)5-10(11)14/h3-5,7,15H,2,6H2,1H3. The Bertz CT molecular complexity index is 531. The van der Waals surface area contributed by atoms with Gasteiger partial charge in [-0.15, -0.1) is 0 Å². The summed E-state index contributed by atoms with van der Waals surface area (Å²) in [7, 11) is 0. The molecule has 1 N–H and O–H groups in total. The van der Waals surface area contributed by atoms with Gasteiger partial charge in [-0.05, 0) is 24.7 Å². The Kier molecular flexibility index (Phi) is 4.33. The Morgan fingerprint density at radius 3 is 3.06 bits per heavy atom. The summed E-state index contributed by atoms with van der Waals surface area (Å²) < 4.78 is 24.5. The van der Waals surface area contributed by atoms with E-state index in [0.717, 1.165) is 6.54 Å². The van der Waals surface area contributed by atoms with Crippen LogP contribution in [0.1, 0.15) is 12.6 Å². The molecule has 6 heteroatoms. The fraction of sp³-hybridized carbons (Fsp3) is 0.250. The number of halogens is 2. The van der Waals surface area contributed by atoms with Gasteiger partial charge in [0.15, 0.2) is 11.6 Å². The van der Waals surface area contributed by atoms with Crippen LogP contribution in [0, 0.1) is 5.82 Å². The summed E-state index contributed by atoms with van der Waals surface area (Å²) in [6, 6.07) is 4.51. The summed E-state index contributed by atoms with van der Waals surface area (Å²) >= 11 is 3.17. The molecule has 0 atom stereocenters. The molecule has 0 saturated heterocycles. The van der Waals surface area contributed by atoms with Gasteiger partial charge in [0, 0.05) is 11.0 Å². The minimum Gasteiger partial charge on any atom is -0.417 e. The molecule has 0 saturated carbocycles. The Balaban J connectivity index is 2.06. The molecule has 1 aromatic carbocycles. The van der Waals surface area contributed by atoms with Crippen LogP contribution < -0.4 is 10.1 Å². The predicted octanol–water partition coefficient (Wildman–Crippen LogP) is 3.48. The van der Waals surface area contributed by atoms with Gasteiger partial charge in [0.25, 0.3) is 0 Å². The number of aromatic nitrogens is 1. The first-order valence-corrected chi connectivity index (χ1v) is 6.26. The third-order valence-corrected chi connectivity index (χ3v) is 2.67. The van der Waals surface area contributed by atoms with Crippen LogP contribution in [0.5, 0.6) is 11.8 Å². The number of hydrogen-bond acceptors (Lipinski definition) is 4. The molecule has 0 aliphatic carbocycles. The van der Waals surface area contributed by atoms with Crippen molar-refractivity contribution in [2.75, 3.05) is 6.54 Å². The number of rotatable bonds is 5. The van der Waals surface area contributed by atoms with E-state index in [9.17, 15) is 4.39 Å². The molecule has 0 spiro atoms. The van der Waals surface area contributed by atoms with Crippen molar-refractivity contribution in [3.05, 3.63) is 40.4 Å². The van der Waals surface area contributed by atoms with Gasteiger partial charge in [-0.3, -0.25) is 0 Å².